The van der Waals surface area contributed by atoms with Crippen molar-refractivity contribution in [3.05, 3.63) is 57.5 Å². The summed E-state index contributed by atoms with van der Waals surface area (Å²) >= 11 is 4.79. The second-order valence-electron chi connectivity index (χ2n) is 4.19. The lowest BCUT2D eigenvalue weighted by atomic mass is 10.2. The number of halogens is 3. The lowest BCUT2D eigenvalue weighted by Gasteiger charge is -2.02. The van der Waals surface area contributed by atoms with E-state index in [-0.39, 0.29) is 5.69 Å². The molecule has 0 aliphatic heterocycles. The van der Waals surface area contributed by atoms with Crippen molar-refractivity contribution in [2.24, 2.45) is 0 Å². The molecule has 0 saturated carbocycles. The summed E-state index contributed by atoms with van der Waals surface area (Å²) in [5.74, 6) is -1.41. The molecule has 0 amide bonds. The number of rotatable bonds is 3. The third-order valence-electron chi connectivity index (χ3n) is 2.86. The van der Waals surface area contributed by atoms with Crippen LogP contribution < -0.4 is 0 Å². The Balaban J connectivity index is 2.16. The first-order valence-corrected chi connectivity index (χ1v) is 7.51. The lowest BCUT2D eigenvalue weighted by Crippen LogP contribution is -1.99. The first-order chi connectivity index (χ1) is 10.1. The van der Waals surface area contributed by atoms with Gasteiger partial charge in [-0.25, -0.2) is 13.5 Å². The second kappa shape index (κ2) is 5.50. The van der Waals surface area contributed by atoms with Crippen LogP contribution in [-0.4, -0.2) is 16.1 Å². The number of hydrogen-bond acceptors (Lipinski definition) is 3. The average Bonchev–Trinajstić information content (AvgIpc) is 3.04. The Morgan fingerprint density at radius 3 is 2.71 bits per heavy atom. The summed E-state index contributed by atoms with van der Waals surface area (Å²) in [6, 6.07) is 5.03. The van der Waals surface area contributed by atoms with Crippen molar-refractivity contribution < 1.29 is 13.6 Å². The highest BCUT2D eigenvalue weighted by Crippen LogP contribution is 2.34. The van der Waals surface area contributed by atoms with Gasteiger partial charge in [0.25, 0.3) is 0 Å². The predicted octanol–water partition coefficient (Wildman–Crippen LogP) is 4.45. The van der Waals surface area contributed by atoms with Gasteiger partial charge in [-0.2, -0.15) is 5.10 Å². The maximum atomic E-state index is 13.8. The number of aldehydes is 1. The van der Waals surface area contributed by atoms with Crippen LogP contribution in [0.25, 0.3) is 16.3 Å². The van der Waals surface area contributed by atoms with Gasteiger partial charge in [0.05, 0.1) is 10.4 Å². The first-order valence-electron chi connectivity index (χ1n) is 5.84. The van der Waals surface area contributed by atoms with Gasteiger partial charge in [0, 0.05) is 16.7 Å². The molecule has 0 bridgehead atoms. The molecule has 0 aliphatic rings. The van der Waals surface area contributed by atoms with Gasteiger partial charge in [-0.05, 0) is 39.5 Å². The predicted molar refractivity (Wildman–Crippen MR) is 79.9 cm³/mol. The average molecular weight is 369 g/mol. The van der Waals surface area contributed by atoms with E-state index in [2.05, 4.69) is 21.0 Å². The zero-order valence-electron chi connectivity index (χ0n) is 10.4. The summed E-state index contributed by atoms with van der Waals surface area (Å²) in [4.78, 5) is 12.0. The highest BCUT2D eigenvalue weighted by molar-refractivity contribution is 9.10. The van der Waals surface area contributed by atoms with Crippen LogP contribution in [0.3, 0.4) is 0 Å². The maximum absolute atomic E-state index is 13.8. The van der Waals surface area contributed by atoms with Crippen molar-refractivity contribution in [1.29, 1.82) is 0 Å². The summed E-state index contributed by atoms with van der Waals surface area (Å²) in [5.41, 5.74) is 0.871. The van der Waals surface area contributed by atoms with Gasteiger partial charge in [0.15, 0.2) is 12.1 Å². The smallest absolute Gasteiger partial charge is 0.153 e. The molecule has 0 aliphatic carbocycles. The number of aromatic nitrogens is 2. The van der Waals surface area contributed by atoms with Crippen LogP contribution in [0.2, 0.25) is 0 Å². The molecule has 7 heteroatoms. The third-order valence-corrected chi connectivity index (χ3v) is 4.70. The lowest BCUT2D eigenvalue weighted by molar-refractivity contribution is 0.112. The minimum Gasteiger partial charge on any atom is -0.298 e. The van der Waals surface area contributed by atoms with E-state index in [4.69, 9.17) is 0 Å². The van der Waals surface area contributed by atoms with Crippen LogP contribution in [0.5, 0.6) is 0 Å². The normalized spacial score (nSPS) is 10.8. The summed E-state index contributed by atoms with van der Waals surface area (Å²) < 4.78 is 28.8. The molecule has 0 radical (unpaired) electrons. The summed E-state index contributed by atoms with van der Waals surface area (Å²) in [6.45, 7) is 0. The van der Waals surface area contributed by atoms with E-state index in [9.17, 15) is 13.6 Å². The van der Waals surface area contributed by atoms with Crippen LogP contribution in [0.4, 0.5) is 8.78 Å². The van der Waals surface area contributed by atoms with Gasteiger partial charge in [0.1, 0.15) is 17.2 Å². The molecule has 3 rings (SSSR count). The standard InChI is InChI=1S/C14H7BrF2N2OS/c15-10-3-4-21-14(10)13-8(7-20)6-19(18-13)12-2-1-9(16)5-11(12)17/h1-7H. The molecular weight excluding hydrogens is 362 g/mol. The number of benzene rings is 1. The van der Waals surface area contributed by atoms with E-state index in [1.165, 1.54) is 28.3 Å². The molecule has 0 N–H and O–H groups in total. The minimum atomic E-state index is -0.744. The van der Waals surface area contributed by atoms with Crippen LogP contribution in [0.1, 0.15) is 10.4 Å². The molecule has 0 fully saturated rings. The molecule has 0 atom stereocenters. The summed E-state index contributed by atoms with van der Waals surface area (Å²) in [6.07, 6.45) is 2.08. The van der Waals surface area contributed by atoms with Crippen molar-refractivity contribution in [2.75, 3.05) is 0 Å². The highest BCUT2D eigenvalue weighted by Gasteiger charge is 2.17. The molecule has 0 saturated heterocycles. The Hall–Kier alpha value is -1.86. The van der Waals surface area contributed by atoms with Gasteiger partial charge in [-0.1, -0.05) is 0 Å². The van der Waals surface area contributed by atoms with Crippen LogP contribution >= 0.6 is 27.3 Å². The molecule has 3 aromatic rings. The van der Waals surface area contributed by atoms with Gasteiger partial charge in [-0.15, -0.1) is 11.3 Å². The Labute approximate surface area is 131 Å². The fourth-order valence-electron chi connectivity index (χ4n) is 1.90. The number of carbonyl (C=O) groups excluding carboxylic acids is 1. The van der Waals surface area contributed by atoms with Crippen molar-refractivity contribution in [2.45, 2.75) is 0 Å². The van der Waals surface area contributed by atoms with E-state index < -0.39 is 11.6 Å². The summed E-state index contributed by atoms with van der Waals surface area (Å²) in [7, 11) is 0. The molecule has 1 aromatic carbocycles. The molecule has 3 nitrogen and oxygen atoms in total. The quantitative estimate of drug-likeness (QED) is 0.640. The molecule has 2 heterocycles. The van der Waals surface area contributed by atoms with Crippen LogP contribution in [0, 0.1) is 11.6 Å². The molecule has 0 unspecified atom stereocenters. The Bertz CT molecular complexity index is 828. The van der Waals surface area contributed by atoms with Crippen LogP contribution in [-0.2, 0) is 0 Å². The SMILES string of the molecule is O=Cc1cn(-c2ccc(F)cc2F)nc1-c1sccc1Br. The molecule has 0 spiro atoms. The van der Waals surface area contributed by atoms with E-state index in [0.717, 1.165) is 21.5 Å². The van der Waals surface area contributed by atoms with Gasteiger partial charge < -0.3 is 0 Å². The number of carbonyl (C=O) groups is 1. The highest BCUT2D eigenvalue weighted by atomic mass is 79.9. The largest absolute Gasteiger partial charge is 0.298 e. The number of nitrogens with zero attached hydrogens (tertiary/aromatic N) is 2. The first kappa shape index (κ1) is 14.1. The molecule has 21 heavy (non-hydrogen) atoms. The Morgan fingerprint density at radius 2 is 2.10 bits per heavy atom. The second-order valence-corrected chi connectivity index (χ2v) is 5.96. The van der Waals surface area contributed by atoms with E-state index in [1.54, 1.807) is 0 Å². The zero-order valence-corrected chi connectivity index (χ0v) is 12.8. The van der Waals surface area contributed by atoms with Crippen molar-refractivity contribution in [3.8, 4) is 16.3 Å². The number of hydrogen-bond donors (Lipinski definition) is 0. The molecular formula is C14H7BrF2N2OS. The molecule has 106 valence electrons. The topological polar surface area (TPSA) is 34.9 Å². The minimum absolute atomic E-state index is 0.0819. The Kier molecular flexibility index (Phi) is 3.69. The van der Waals surface area contributed by atoms with E-state index in [0.29, 0.717) is 17.5 Å². The number of thiophene rings is 1. The van der Waals surface area contributed by atoms with E-state index in [1.807, 2.05) is 11.4 Å². The maximum Gasteiger partial charge on any atom is 0.153 e. The summed E-state index contributed by atoms with van der Waals surface area (Å²) in [5, 5.41) is 6.10. The van der Waals surface area contributed by atoms with Gasteiger partial charge in [0.2, 0.25) is 0 Å². The van der Waals surface area contributed by atoms with E-state index >= 15 is 0 Å². The molecule has 2 aromatic heterocycles. The van der Waals surface area contributed by atoms with Crippen molar-refractivity contribution in [1.82, 2.24) is 9.78 Å². The fraction of sp³-hybridized carbons (Fsp3) is 0. The monoisotopic (exact) mass is 368 g/mol. The third kappa shape index (κ3) is 2.54. The van der Waals surface area contributed by atoms with Crippen LogP contribution in [0.15, 0.2) is 40.3 Å². The Morgan fingerprint density at radius 1 is 1.29 bits per heavy atom. The zero-order chi connectivity index (χ0) is 15.0. The van der Waals surface area contributed by atoms with Gasteiger partial charge >= 0.3 is 0 Å². The van der Waals surface area contributed by atoms with Gasteiger partial charge in [-0.3, -0.25) is 4.79 Å². The van der Waals surface area contributed by atoms with Crippen molar-refractivity contribution >= 4 is 33.6 Å². The fourth-order valence-corrected chi connectivity index (χ4v) is 3.47. The van der Waals surface area contributed by atoms with Crippen molar-refractivity contribution in [3.63, 3.8) is 0 Å².